The summed E-state index contributed by atoms with van der Waals surface area (Å²) >= 11 is 10.9. The van der Waals surface area contributed by atoms with Crippen molar-refractivity contribution in [2.45, 2.75) is 31.2 Å². The van der Waals surface area contributed by atoms with Crippen LogP contribution in [0, 0.1) is 6.92 Å². The second-order valence-electron chi connectivity index (χ2n) is 7.62. The second-order valence-corrected chi connectivity index (χ2v) is 10.0. The molecule has 1 saturated heterocycles. The van der Waals surface area contributed by atoms with E-state index in [1.165, 1.54) is 18.3 Å². The zero-order valence-corrected chi connectivity index (χ0v) is 18.8. The van der Waals surface area contributed by atoms with E-state index >= 15 is 0 Å². The van der Waals surface area contributed by atoms with Gasteiger partial charge in [0.15, 0.2) is 0 Å². The molecule has 1 fully saturated rings. The fraction of sp³-hybridized carbons (Fsp3) is 0.350. The predicted octanol–water partition coefficient (Wildman–Crippen LogP) is 4.14. The number of pyridine rings is 1. The van der Waals surface area contributed by atoms with Crippen molar-refractivity contribution in [1.29, 1.82) is 0 Å². The lowest BCUT2D eigenvalue weighted by Gasteiger charge is -2.29. The van der Waals surface area contributed by atoms with Crippen LogP contribution >= 0.6 is 23.2 Å². The summed E-state index contributed by atoms with van der Waals surface area (Å²) in [6, 6.07) is 4.97. The number of nitrogens with one attached hydrogen (secondary N) is 1. The number of hydrogen-bond donors (Lipinski definition) is 1. The first kappa shape index (κ1) is 23.2. The maximum atomic E-state index is 14.1. The summed E-state index contributed by atoms with van der Waals surface area (Å²) in [5.74, 6) is 0.354. The Hall–Kier alpha value is -2.01. The van der Waals surface area contributed by atoms with Crippen molar-refractivity contribution in [3.05, 3.63) is 62.9 Å². The molecule has 1 amide bonds. The fourth-order valence-corrected chi connectivity index (χ4v) is 5.05. The van der Waals surface area contributed by atoms with E-state index in [1.807, 2.05) is 0 Å². The van der Waals surface area contributed by atoms with E-state index < -0.39 is 35.3 Å². The molecule has 170 valence electrons. The summed E-state index contributed by atoms with van der Waals surface area (Å²) in [4.78, 5) is 21.5. The van der Waals surface area contributed by atoms with Crippen molar-refractivity contribution in [3.8, 4) is 0 Å². The molecule has 2 aliphatic rings. The Morgan fingerprint density at radius 1 is 1.25 bits per heavy atom. The Labute approximate surface area is 194 Å². The van der Waals surface area contributed by atoms with Crippen LogP contribution in [0.25, 0.3) is 0 Å². The van der Waals surface area contributed by atoms with Crippen molar-refractivity contribution in [2.75, 3.05) is 11.5 Å². The average Bonchev–Trinajstić information content (AvgIpc) is 3.12. The number of benzene rings is 1. The van der Waals surface area contributed by atoms with Crippen molar-refractivity contribution in [3.63, 3.8) is 0 Å². The molecule has 1 N–H and O–H groups in total. The Morgan fingerprint density at radius 2 is 1.91 bits per heavy atom. The molecule has 2 aromatic rings. The molecule has 12 heteroatoms. The van der Waals surface area contributed by atoms with Gasteiger partial charge in [-0.3, -0.25) is 9.78 Å². The molecule has 6 nitrogen and oxygen atoms in total. The van der Waals surface area contributed by atoms with Gasteiger partial charge in [-0.1, -0.05) is 28.4 Å². The third-order valence-electron chi connectivity index (χ3n) is 5.25. The Morgan fingerprint density at radius 3 is 2.47 bits per heavy atom. The SMILES string of the molecule is Cc1cc(C2=NO[C@@](c3cc(Cl)cc(Cl)c3)(C(F)(F)F)C2)cnc1C(=O)N[C@H]1C[S@@+]([O-])C1. The number of amides is 1. The number of carbonyl (C=O) groups is 1. The van der Waals surface area contributed by atoms with Crippen molar-refractivity contribution in [1.82, 2.24) is 10.3 Å². The van der Waals surface area contributed by atoms with Gasteiger partial charge in [-0.2, -0.15) is 13.2 Å². The van der Waals surface area contributed by atoms with Gasteiger partial charge in [0.25, 0.3) is 11.5 Å². The summed E-state index contributed by atoms with van der Waals surface area (Å²) in [6.07, 6.45) is -4.15. The van der Waals surface area contributed by atoms with Gasteiger partial charge in [0, 0.05) is 27.4 Å². The van der Waals surface area contributed by atoms with Crippen LogP contribution in [0.5, 0.6) is 0 Å². The van der Waals surface area contributed by atoms with E-state index in [0.29, 0.717) is 22.6 Å². The van der Waals surface area contributed by atoms with Gasteiger partial charge < -0.3 is 14.7 Å². The van der Waals surface area contributed by atoms with Crippen LogP contribution in [-0.4, -0.2) is 44.9 Å². The van der Waals surface area contributed by atoms with Crippen molar-refractivity contribution in [2.24, 2.45) is 5.16 Å². The molecule has 0 spiro atoms. The second kappa shape index (κ2) is 8.40. The maximum Gasteiger partial charge on any atom is 0.435 e. The highest BCUT2D eigenvalue weighted by molar-refractivity contribution is 7.92. The number of aromatic nitrogens is 1. The summed E-state index contributed by atoms with van der Waals surface area (Å²) in [7, 11) is 0. The molecule has 0 unspecified atom stereocenters. The number of carbonyl (C=O) groups excluding carboxylic acids is 1. The molecule has 0 aliphatic carbocycles. The third-order valence-corrected chi connectivity index (χ3v) is 7.24. The highest BCUT2D eigenvalue weighted by Crippen LogP contribution is 2.49. The standard InChI is InChI=1S/C20H16Cl2F3N3O3S/c1-10-2-11(7-26-17(10)18(29)27-15-8-32(30)9-15)16-6-19(31-28-16,20(23,24)25)12-3-13(21)5-14(22)4-12/h2-5,7,15H,6,8-9H2,1H3,(H,27,29)/t15-,19-,32+/m0/s1. The number of hydrogen-bond acceptors (Lipinski definition) is 5. The van der Waals surface area contributed by atoms with E-state index in [0.717, 1.165) is 12.1 Å². The minimum Gasteiger partial charge on any atom is -0.616 e. The quantitative estimate of drug-likeness (QED) is 0.632. The molecular formula is C20H16Cl2F3N3O3S. The summed E-state index contributed by atoms with van der Waals surface area (Å²) in [5, 5.41) is 6.50. The molecule has 3 heterocycles. The van der Waals surface area contributed by atoms with E-state index in [1.54, 1.807) is 6.92 Å². The van der Waals surface area contributed by atoms with Crippen LogP contribution in [0.1, 0.15) is 33.6 Å². The van der Waals surface area contributed by atoms with E-state index in [2.05, 4.69) is 15.5 Å². The lowest BCUT2D eigenvalue weighted by molar-refractivity contribution is -0.275. The van der Waals surface area contributed by atoms with Crippen LogP contribution in [-0.2, 0) is 21.6 Å². The lowest BCUT2D eigenvalue weighted by Crippen LogP contribution is -2.53. The van der Waals surface area contributed by atoms with E-state index in [9.17, 15) is 22.5 Å². The van der Waals surface area contributed by atoms with Crippen LogP contribution in [0.15, 0.2) is 35.6 Å². The molecule has 1 atom stereocenters. The van der Waals surface area contributed by atoms with Gasteiger partial charge in [0.05, 0.1) is 12.1 Å². The lowest BCUT2D eigenvalue weighted by atomic mass is 9.86. The normalized spacial score (nSPS) is 25.0. The fourth-order valence-electron chi connectivity index (χ4n) is 3.55. The van der Waals surface area contributed by atoms with Crippen LogP contribution in [0.3, 0.4) is 0 Å². The molecule has 0 radical (unpaired) electrons. The Balaban J connectivity index is 1.58. The maximum absolute atomic E-state index is 14.1. The number of oxime groups is 1. The van der Waals surface area contributed by atoms with Gasteiger partial charge in [-0.25, -0.2) is 0 Å². The first-order valence-corrected chi connectivity index (χ1v) is 11.6. The predicted molar refractivity (Wildman–Crippen MR) is 115 cm³/mol. The first-order chi connectivity index (χ1) is 15.0. The summed E-state index contributed by atoms with van der Waals surface area (Å²) in [5.41, 5.74) is -2.10. The van der Waals surface area contributed by atoms with Crippen molar-refractivity contribution < 1.29 is 27.4 Å². The minimum atomic E-state index is -4.81. The molecule has 2 aliphatic heterocycles. The van der Waals surface area contributed by atoms with Crippen molar-refractivity contribution >= 4 is 46.0 Å². The average molecular weight is 506 g/mol. The Kier molecular flexibility index (Phi) is 6.08. The van der Waals surface area contributed by atoms with Crippen LogP contribution < -0.4 is 5.32 Å². The number of alkyl halides is 3. The first-order valence-electron chi connectivity index (χ1n) is 9.40. The smallest absolute Gasteiger partial charge is 0.435 e. The topological polar surface area (TPSA) is 86.6 Å². The molecule has 1 aromatic carbocycles. The molecule has 32 heavy (non-hydrogen) atoms. The summed E-state index contributed by atoms with van der Waals surface area (Å²) in [6.45, 7) is 1.62. The van der Waals surface area contributed by atoms with Gasteiger partial charge in [0.1, 0.15) is 23.2 Å². The van der Waals surface area contributed by atoms with Gasteiger partial charge in [-0.15, -0.1) is 0 Å². The molecule has 0 saturated carbocycles. The summed E-state index contributed by atoms with van der Waals surface area (Å²) < 4.78 is 53.5. The highest BCUT2D eigenvalue weighted by atomic mass is 35.5. The molecule has 0 bridgehead atoms. The monoisotopic (exact) mass is 505 g/mol. The van der Waals surface area contributed by atoms with Gasteiger partial charge in [-0.05, 0) is 47.9 Å². The van der Waals surface area contributed by atoms with Crippen LogP contribution in [0.4, 0.5) is 13.2 Å². The number of rotatable bonds is 4. The Bertz CT molecular complexity index is 1090. The molecule has 1 aromatic heterocycles. The number of nitrogens with zero attached hydrogens (tertiary/aromatic N) is 2. The molecular weight excluding hydrogens is 490 g/mol. The van der Waals surface area contributed by atoms with Gasteiger partial charge >= 0.3 is 6.18 Å². The van der Waals surface area contributed by atoms with E-state index in [-0.39, 0.29) is 33.1 Å². The zero-order chi connectivity index (χ0) is 23.3. The molecule has 4 rings (SSSR count). The number of aryl methyl sites for hydroxylation is 1. The zero-order valence-electron chi connectivity index (χ0n) is 16.5. The largest absolute Gasteiger partial charge is 0.616 e. The number of halogens is 5. The van der Waals surface area contributed by atoms with Gasteiger partial charge in [0.2, 0.25) is 0 Å². The minimum absolute atomic E-state index is 0.0235. The third kappa shape index (κ3) is 4.28. The highest BCUT2D eigenvalue weighted by Gasteiger charge is 2.62. The van der Waals surface area contributed by atoms with E-state index in [4.69, 9.17) is 28.0 Å². The van der Waals surface area contributed by atoms with Crippen LogP contribution in [0.2, 0.25) is 10.0 Å².